The number of aryl methyl sites for hydroxylation is 1. The standard InChI is InChI=1S/C11H16FNO/c1-3-4-10(13)8-6-9(12)7(2)5-11(8)14/h5-6,10,14H,3-4,13H2,1-2H3/t10-/m1/s1. The van der Waals surface area contributed by atoms with Gasteiger partial charge < -0.3 is 10.8 Å². The molecule has 1 atom stereocenters. The summed E-state index contributed by atoms with van der Waals surface area (Å²) >= 11 is 0. The fraction of sp³-hybridized carbons (Fsp3) is 0.455. The topological polar surface area (TPSA) is 46.2 Å². The Morgan fingerprint density at radius 2 is 2.14 bits per heavy atom. The number of nitrogens with two attached hydrogens (primary N) is 1. The van der Waals surface area contributed by atoms with E-state index in [0.29, 0.717) is 11.1 Å². The molecule has 0 fully saturated rings. The molecule has 2 nitrogen and oxygen atoms in total. The number of hydrogen-bond donors (Lipinski definition) is 2. The number of phenolic OH excluding ortho intramolecular Hbond substituents is 1. The zero-order chi connectivity index (χ0) is 10.7. The van der Waals surface area contributed by atoms with Gasteiger partial charge in [0.25, 0.3) is 0 Å². The largest absolute Gasteiger partial charge is 0.508 e. The Bertz CT molecular complexity index is 325. The molecule has 1 rings (SSSR count). The molecule has 0 unspecified atom stereocenters. The van der Waals surface area contributed by atoms with Crippen LogP contribution in [0.1, 0.15) is 36.9 Å². The molecule has 3 N–H and O–H groups in total. The molecule has 0 amide bonds. The number of phenols is 1. The lowest BCUT2D eigenvalue weighted by atomic mass is 10.0. The molecule has 0 aliphatic rings. The molecule has 1 aromatic carbocycles. The van der Waals surface area contributed by atoms with Gasteiger partial charge in [-0.15, -0.1) is 0 Å². The van der Waals surface area contributed by atoms with E-state index in [9.17, 15) is 9.50 Å². The summed E-state index contributed by atoms with van der Waals surface area (Å²) in [4.78, 5) is 0. The summed E-state index contributed by atoms with van der Waals surface area (Å²) in [7, 11) is 0. The summed E-state index contributed by atoms with van der Waals surface area (Å²) in [5, 5.41) is 9.57. The highest BCUT2D eigenvalue weighted by Gasteiger charge is 2.12. The van der Waals surface area contributed by atoms with Gasteiger partial charge in [-0.3, -0.25) is 0 Å². The van der Waals surface area contributed by atoms with Crippen LogP contribution in [0.2, 0.25) is 0 Å². The smallest absolute Gasteiger partial charge is 0.126 e. The van der Waals surface area contributed by atoms with Crippen molar-refractivity contribution in [2.45, 2.75) is 32.7 Å². The van der Waals surface area contributed by atoms with E-state index >= 15 is 0 Å². The van der Waals surface area contributed by atoms with Gasteiger partial charge in [-0.2, -0.15) is 0 Å². The van der Waals surface area contributed by atoms with Crippen LogP contribution < -0.4 is 5.73 Å². The highest BCUT2D eigenvalue weighted by molar-refractivity contribution is 5.38. The molecular weight excluding hydrogens is 181 g/mol. The molecule has 1 aromatic rings. The number of aromatic hydroxyl groups is 1. The van der Waals surface area contributed by atoms with Crippen LogP contribution in [0.25, 0.3) is 0 Å². The van der Waals surface area contributed by atoms with Gasteiger partial charge in [0, 0.05) is 11.6 Å². The summed E-state index contributed by atoms with van der Waals surface area (Å²) in [5.74, 6) is -0.228. The van der Waals surface area contributed by atoms with E-state index < -0.39 is 0 Å². The predicted octanol–water partition coefficient (Wildman–Crippen LogP) is 2.64. The molecule has 0 saturated carbocycles. The fourth-order valence-electron chi connectivity index (χ4n) is 1.45. The van der Waals surface area contributed by atoms with Crippen molar-refractivity contribution >= 4 is 0 Å². The summed E-state index contributed by atoms with van der Waals surface area (Å²) < 4.78 is 13.2. The van der Waals surface area contributed by atoms with Gasteiger partial charge in [0.1, 0.15) is 11.6 Å². The first kappa shape index (κ1) is 11.0. The molecular formula is C11H16FNO. The van der Waals surface area contributed by atoms with Gasteiger partial charge in [0.15, 0.2) is 0 Å². The van der Waals surface area contributed by atoms with Crippen LogP contribution >= 0.6 is 0 Å². The minimum absolute atomic E-state index is 0.0878. The van der Waals surface area contributed by atoms with Crippen LogP contribution in [0.15, 0.2) is 12.1 Å². The SMILES string of the molecule is CCC[C@@H](N)c1cc(F)c(C)cc1O. The third-order valence-corrected chi connectivity index (χ3v) is 2.31. The van der Waals surface area contributed by atoms with Crippen LogP contribution in [0.5, 0.6) is 5.75 Å². The van der Waals surface area contributed by atoms with Gasteiger partial charge in [0.05, 0.1) is 0 Å². The normalized spacial score (nSPS) is 12.9. The lowest BCUT2D eigenvalue weighted by Crippen LogP contribution is -2.10. The lowest BCUT2D eigenvalue weighted by Gasteiger charge is -2.13. The highest BCUT2D eigenvalue weighted by atomic mass is 19.1. The average Bonchev–Trinajstić information content (AvgIpc) is 2.11. The zero-order valence-corrected chi connectivity index (χ0v) is 8.55. The van der Waals surface area contributed by atoms with E-state index in [1.54, 1.807) is 6.92 Å². The molecule has 0 aromatic heterocycles. The molecule has 0 saturated heterocycles. The molecule has 0 bridgehead atoms. The number of hydrogen-bond acceptors (Lipinski definition) is 2. The summed E-state index contributed by atoms with van der Waals surface area (Å²) in [6, 6.07) is 2.46. The summed E-state index contributed by atoms with van der Waals surface area (Å²) in [6.45, 7) is 3.62. The van der Waals surface area contributed by atoms with Crippen molar-refractivity contribution in [3.05, 3.63) is 29.1 Å². The molecule has 0 heterocycles. The Hall–Kier alpha value is -1.09. The Labute approximate surface area is 83.6 Å². The number of halogens is 1. The van der Waals surface area contributed by atoms with Gasteiger partial charge >= 0.3 is 0 Å². The van der Waals surface area contributed by atoms with Crippen LogP contribution in [0.3, 0.4) is 0 Å². The molecule has 0 aliphatic heterocycles. The second kappa shape index (κ2) is 4.42. The van der Waals surface area contributed by atoms with E-state index in [1.165, 1.54) is 12.1 Å². The van der Waals surface area contributed by atoms with Gasteiger partial charge in [0.2, 0.25) is 0 Å². The van der Waals surface area contributed by atoms with Crippen LogP contribution in [0.4, 0.5) is 4.39 Å². The Kier molecular flexibility index (Phi) is 3.47. The minimum atomic E-state index is -0.315. The third kappa shape index (κ3) is 2.23. The number of rotatable bonds is 3. The first-order valence-electron chi connectivity index (χ1n) is 4.80. The average molecular weight is 197 g/mol. The first-order valence-corrected chi connectivity index (χ1v) is 4.80. The molecule has 0 aliphatic carbocycles. The summed E-state index contributed by atoms with van der Waals surface area (Å²) in [6.07, 6.45) is 1.66. The zero-order valence-electron chi connectivity index (χ0n) is 8.55. The molecule has 0 radical (unpaired) electrons. The van der Waals surface area contributed by atoms with E-state index in [0.717, 1.165) is 12.8 Å². The second-order valence-corrected chi connectivity index (χ2v) is 3.56. The highest BCUT2D eigenvalue weighted by Crippen LogP contribution is 2.27. The van der Waals surface area contributed by atoms with Crippen molar-refractivity contribution in [3.8, 4) is 5.75 Å². The van der Waals surface area contributed by atoms with Gasteiger partial charge in [-0.1, -0.05) is 13.3 Å². The first-order chi connectivity index (χ1) is 6.56. The van der Waals surface area contributed by atoms with Gasteiger partial charge in [-0.25, -0.2) is 4.39 Å². The van der Waals surface area contributed by atoms with Crippen LogP contribution in [-0.4, -0.2) is 5.11 Å². The maximum atomic E-state index is 13.2. The predicted molar refractivity (Wildman–Crippen MR) is 54.6 cm³/mol. The second-order valence-electron chi connectivity index (χ2n) is 3.56. The van der Waals surface area contributed by atoms with Gasteiger partial charge in [-0.05, 0) is 31.0 Å². The molecule has 78 valence electrons. The van der Waals surface area contributed by atoms with E-state index in [-0.39, 0.29) is 17.6 Å². The van der Waals surface area contributed by atoms with Crippen molar-refractivity contribution in [2.24, 2.45) is 5.73 Å². The Morgan fingerprint density at radius 1 is 1.50 bits per heavy atom. The minimum Gasteiger partial charge on any atom is -0.508 e. The van der Waals surface area contributed by atoms with Crippen molar-refractivity contribution in [3.63, 3.8) is 0 Å². The molecule has 0 spiro atoms. The Balaban J connectivity index is 3.02. The van der Waals surface area contributed by atoms with E-state index in [2.05, 4.69) is 0 Å². The Morgan fingerprint density at radius 3 is 2.71 bits per heavy atom. The fourth-order valence-corrected chi connectivity index (χ4v) is 1.45. The number of benzene rings is 1. The third-order valence-electron chi connectivity index (χ3n) is 2.31. The van der Waals surface area contributed by atoms with Crippen molar-refractivity contribution < 1.29 is 9.50 Å². The quantitative estimate of drug-likeness (QED) is 0.782. The monoisotopic (exact) mass is 197 g/mol. The maximum Gasteiger partial charge on any atom is 0.126 e. The summed E-state index contributed by atoms with van der Waals surface area (Å²) in [5.41, 5.74) is 6.73. The van der Waals surface area contributed by atoms with Crippen LogP contribution in [0, 0.1) is 12.7 Å². The lowest BCUT2D eigenvalue weighted by molar-refractivity contribution is 0.454. The molecule has 14 heavy (non-hydrogen) atoms. The van der Waals surface area contributed by atoms with Crippen LogP contribution in [-0.2, 0) is 0 Å². The van der Waals surface area contributed by atoms with Crippen molar-refractivity contribution in [2.75, 3.05) is 0 Å². The van der Waals surface area contributed by atoms with E-state index in [4.69, 9.17) is 5.73 Å². The van der Waals surface area contributed by atoms with Crippen molar-refractivity contribution in [1.82, 2.24) is 0 Å². The molecule has 3 heteroatoms. The van der Waals surface area contributed by atoms with E-state index in [1.807, 2.05) is 6.92 Å². The maximum absolute atomic E-state index is 13.2. The van der Waals surface area contributed by atoms with Crippen molar-refractivity contribution in [1.29, 1.82) is 0 Å².